The van der Waals surface area contributed by atoms with Gasteiger partial charge in [0.15, 0.2) is 11.6 Å². The minimum absolute atomic E-state index is 0.335. The Morgan fingerprint density at radius 1 is 1.20 bits per heavy atom. The Bertz CT molecular complexity index is 762. The van der Waals surface area contributed by atoms with Gasteiger partial charge in [-0.2, -0.15) is 0 Å². The lowest BCUT2D eigenvalue weighted by Gasteiger charge is -2.32. The molecule has 0 aliphatic carbocycles. The van der Waals surface area contributed by atoms with E-state index in [1.807, 2.05) is 20.2 Å². The maximum Gasteiger partial charge on any atom is 0.277 e. The van der Waals surface area contributed by atoms with Gasteiger partial charge in [0.05, 0.1) is 0 Å². The van der Waals surface area contributed by atoms with Crippen LogP contribution in [0.2, 0.25) is 0 Å². The zero-order chi connectivity index (χ0) is 17.8. The molecule has 130 valence electrons. The monoisotopic (exact) mass is 339 g/mol. The van der Waals surface area contributed by atoms with E-state index in [0.717, 1.165) is 13.0 Å². The maximum atomic E-state index is 12.9. The van der Waals surface area contributed by atoms with Crippen molar-refractivity contribution < 1.29 is 14.3 Å². The van der Waals surface area contributed by atoms with E-state index >= 15 is 0 Å². The third-order valence-corrected chi connectivity index (χ3v) is 4.03. The van der Waals surface area contributed by atoms with E-state index in [-0.39, 0.29) is 11.7 Å². The molecule has 0 fully saturated rings. The van der Waals surface area contributed by atoms with Crippen molar-refractivity contribution in [1.29, 1.82) is 0 Å². The third-order valence-electron chi connectivity index (χ3n) is 4.03. The largest absolute Gasteiger partial charge is 0.468 e. The number of anilines is 1. The molecule has 0 spiro atoms. The van der Waals surface area contributed by atoms with Gasteiger partial charge in [-0.05, 0) is 39.2 Å². The van der Waals surface area contributed by atoms with Gasteiger partial charge in [0, 0.05) is 18.3 Å². The number of ketones is 1. The van der Waals surface area contributed by atoms with Crippen molar-refractivity contribution in [2.45, 2.75) is 12.5 Å². The van der Waals surface area contributed by atoms with Gasteiger partial charge >= 0.3 is 0 Å². The Balaban J connectivity index is 1.87. The van der Waals surface area contributed by atoms with E-state index in [2.05, 4.69) is 9.88 Å². The smallest absolute Gasteiger partial charge is 0.277 e. The van der Waals surface area contributed by atoms with Crippen molar-refractivity contribution in [1.82, 2.24) is 9.88 Å². The molecule has 1 aliphatic rings. The first-order valence-electron chi connectivity index (χ1n) is 8.25. The number of pyridine rings is 1. The highest BCUT2D eigenvalue weighted by Crippen LogP contribution is 2.32. The molecule has 1 aromatic heterocycles. The van der Waals surface area contributed by atoms with Crippen molar-refractivity contribution in [3.8, 4) is 5.75 Å². The van der Waals surface area contributed by atoms with Crippen LogP contribution in [-0.4, -0.2) is 54.9 Å². The number of hydrogen-bond acceptors (Lipinski definition) is 5. The summed E-state index contributed by atoms with van der Waals surface area (Å²) >= 11 is 0. The van der Waals surface area contributed by atoms with Gasteiger partial charge in [-0.1, -0.05) is 30.3 Å². The summed E-state index contributed by atoms with van der Waals surface area (Å²) in [7, 11) is 3.96. The van der Waals surface area contributed by atoms with Crippen LogP contribution in [0.5, 0.6) is 5.75 Å². The molecule has 25 heavy (non-hydrogen) atoms. The van der Waals surface area contributed by atoms with E-state index < -0.39 is 6.10 Å². The number of carbonyl (C=O) groups is 2. The van der Waals surface area contributed by atoms with Crippen molar-refractivity contribution in [2.24, 2.45) is 0 Å². The van der Waals surface area contributed by atoms with E-state index in [1.165, 1.54) is 0 Å². The van der Waals surface area contributed by atoms with Crippen molar-refractivity contribution >= 4 is 17.5 Å². The summed E-state index contributed by atoms with van der Waals surface area (Å²) in [6.45, 7) is 1.33. The molecule has 2 aromatic rings. The molecule has 1 aromatic carbocycles. The molecule has 1 aliphatic heterocycles. The predicted molar refractivity (Wildman–Crippen MR) is 94.9 cm³/mol. The fraction of sp³-hybridized carbons (Fsp3) is 0.316. The van der Waals surface area contributed by atoms with Gasteiger partial charge in [0.1, 0.15) is 0 Å². The molecular formula is C19H21N3O3. The number of hydrogen-bond donors (Lipinski definition) is 0. The van der Waals surface area contributed by atoms with Gasteiger partial charge < -0.3 is 9.64 Å². The summed E-state index contributed by atoms with van der Waals surface area (Å²) in [4.78, 5) is 33.5. The van der Waals surface area contributed by atoms with Crippen LogP contribution >= 0.6 is 0 Å². The number of aromatic nitrogens is 1. The number of rotatable bonds is 6. The molecule has 1 amide bonds. The van der Waals surface area contributed by atoms with Crippen LogP contribution in [0.4, 0.5) is 5.82 Å². The molecule has 1 atom stereocenters. The Labute approximate surface area is 147 Å². The third kappa shape index (κ3) is 3.69. The molecule has 3 rings (SSSR count). The highest BCUT2D eigenvalue weighted by Gasteiger charge is 2.39. The average molecular weight is 339 g/mol. The SMILES string of the molecule is CN(C)CCCN1C(=O)C(C(=O)c2ccccc2)Oc2cccnc21. The van der Waals surface area contributed by atoms with Gasteiger partial charge in [-0.25, -0.2) is 4.98 Å². The summed E-state index contributed by atoms with van der Waals surface area (Å²) in [6.07, 6.45) is 1.23. The summed E-state index contributed by atoms with van der Waals surface area (Å²) in [5.41, 5.74) is 0.460. The van der Waals surface area contributed by atoms with Gasteiger partial charge in [-0.3, -0.25) is 14.5 Å². The summed E-state index contributed by atoms with van der Waals surface area (Å²) < 4.78 is 5.70. The minimum atomic E-state index is -1.17. The van der Waals surface area contributed by atoms with Crippen LogP contribution in [0.3, 0.4) is 0 Å². The summed E-state index contributed by atoms with van der Waals surface area (Å²) in [5, 5.41) is 0. The zero-order valence-corrected chi connectivity index (χ0v) is 14.4. The second-order valence-corrected chi connectivity index (χ2v) is 6.20. The molecule has 0 saturated carbocycles. The second kappa shape index (κ2) is 7.44. The fourth-order valence-corrected chi connectivity index (χ4v) is 2.78. The molecule has 0 N–H and O–H groups in total. The van der Waals surface area contributed by atoms with Crippen LogP contribution in [0.1, 0.15) is 16.8 Å². The Morgan fingerprint density at radius 2 is 1.96 bits per heavy atom. The molecule has 6 nitrogen and oxygen atoms in total. The zero-order valence-electron chi connectivity index (χ0n) is 14.4. The normalized spacial score (nSPS) is 16.5. The first-order chi connectivity index (χ1) is 12.1. The number of ether oxygens (including phenoxy) is 1. The fourth-order valence-electron chi connectivity index (χ4n) is 2.78. The van der Waals surface area contributed by atoms with E-state index in [9.17, 15) is 9.59 Å². The molecule has 0 bridgehead atoms. The first kappa shape index (κ1) is 17.1. The molecule has 0 saturated heterocycles. The van der Waals surface area contributed by atoms with Crippen LogP contribution < -0.4 is 9.64 Å². The lowest BCUT2D eigenvalue weighted by molar-refractivity contribution is -0.124. The Morgan fingerprint density at radius 3 is 2.68 bits per heavy atom. The molecule has 1 unspecified atom stereocenters. The highest BCUT2D eigenvalue weighted by molar-refractivity contribution is 6.18. The lowest BCUT2D eigenvalue weighted by Crippen LogP contribution is -2.50. The summed E-state index contributed by atoms with van der Waals surface area (Å²) in [6, 6.07) is 12.2. The van der Waals surface area contributed by atoms with Gasteiger partial charge in [0.25, 0.3) is 5.91 Å². The van der Waals surface area contributed by atoms with Crippen molar-refractivity contribution in [2.75, 3.05) is 32.1 Å². The average Bonchev–Trinajstić information content (AvgIpc) is 2.63. The van der Waals surface area contributed by atoms with Crippen LogP contribution in [-0.2, 0) is 4.79 Å². The minimum Gasteiger partial charge on any atom is -0.468 e. The molecular weight excluding hydrogens is 318 g/mol. The van der Waals surface area contributed by atoms with Gasteiger partial charge in [-0.15, -0.1) is 0 Å². The topological polar surface area (TPSA) is 62.7 Å². The highest BCUT2D eigenvalue weighted by atomic mass is 16.5. The number of carbonyl (C=O) groups excluding carboxylic acids is 2. The standard InChI is InChI=1S/C19H21N3O3/c1-21(2)12-7-13-22-18-15(10-6-11-20-18)25-17(19(22)24)16(23)14-8-4-3-5-9-14/h3-6,8-11,17H,7,12-13H2,1-2H3. The molecule has 6 heteroatoms. The number of amides is 1. The van der Waals surface area contributed by atoms with E-state index in [1.54, 1.807) is 47.5 Å². The van der Waals surface area contributed by atoms with Crippen LogP contribution in [0, 0.1) is 0 Å². The predicted octanol–water partition coefficient (Wildman–Crippen LogP) is 2.01. The quantitative estimate of drug-likeness (QED) is 0.595. The molecule has 2 heterocycles. The van der Waals surface area contributed by atoms with Gasteiger partial charge in [0.2, 0.25) is 11.9 Å². The second-order valence-electron chi connectivity index (χ2n) is 6.20. The van der Waals surface area contributed by atoms with Crippen molar-refractivity contribution in [3.63, 3.8) is 0 Å². The first-order valence-corrected chi connectivity index (χ1v) is 8.25. The number of nitrogens with zero attached hydrogens (tertiary/aromatic N) is 3. The number of fused-ring (bicyclic) bond motifs is 1. The summed E-state index contributed by atoms with van der Waals surface area (Å²) in [5.74, 6) is 0.237. The number of benzene rings is 1. The Kier molecular flexibility index (Phi) is 5.09. The lowest BCUT2D eigenvalue weighted by atomic mass is 10.0. The maximum absolute atomic E-state index is 12.9. The van der Waals surface area contributed by atoms with E-state index in [0.29, 0.717) is 23.7 Å². The van der Waals surface area contributed by atoms with E-state index in [4.69, 9.17) is 4.74 Å². The number of Topliss-reactive ketones (excluding diaryl/α,β-unsaturated/α-hetero) is 1. The van der Waals surface area contributed by atoms with Crippen LogP contribution in [0.25, 0.3) is 0 Å². The van der Waals surface area contributed by atoms with Crippen molar-refractivity contribution in [3.05, 3.63) is 54.2 Å². The molecule has 0 radical (unpaired) electrons. The Hall–Kier alpha value is -2.73. The van der Waals surface area contributed by atoms with Crippen LogP contribution in [0.15, 0.2) is 48.7 Å².